The second-order valence-corrected chi connectivity index (χ2v) is 4.93. The van der Waals surface area contributed by atoms with Gasteiger partial charge in [-0.2, -0.15) is 8.42 Å². The molecule has 0 amide bonds. The summed E-state index contributed by atoms with van der Waals surface area (Å²) in [5.74, 6) is 0. The summed E-state index contributed by atoms with van der Waals surface area (Å²) in [7, 11) is -3.89. The Hall–Kier alpha value is -0.0900. The van der Waals surface area contributed by atoms with Crippen molar-refractivity contribution in [2.75, 3.05) is 0 Å². The van der Waals surface area contributed by atoms with E-state index in [1.165, 1.54) is 0 Å². The summed E-state index contributed by atoms with van der Waals surface area (Å²) in [6, 6.07) is 0. The van der Waals surface area contributed by atoms with E-state index in [0.29, 0.717) is 19.3 Å². The summed E-state index contributed by atoms with van der Waals surface area (Å²) in [6.45, 7) is 5.52. The highest BCUT2D eigenvalue weighted by Gasteiger charge is 2.38. The van der Waals surface area contributed by atoms with Crippen molar-refractivity contribution >= 4 is 10.1 Å². The molecule has 0 heterocycles. The smallest absolute Gasteiger partial charge is 0.270 e. The highest BCUT2D eigenvalue weighted by atomic mass is 32.2. The maximum atomic E-state index is 11.1. The molecule has 0 radical (unpaired) electrons. The van der Waals surface area contributed by atoms with E-state index < -0.39 is 14.9 Å². The van der Waals surface area contributed by atoms with Crippen molar-refractivity contribution in [1.82, 2.24) is 0 Å². The van der Waals surface area contributed by atoms with Crippen LogP contribution in [0.4, 0.5) is 0 Å². The summed E-state index contributed by atoms with van der Waals surface area (Å²) in [5.41, 5.74) is 0. The van der Waals surface area contributed by atoms with Gasteiger partial charge in [0, 0.05) is 0 Å². The van der Waals surface area contributed by atoms with Gasteiger partial charge < -0.3 is 0 Å². The van der Waals surface area contributed by atoms with Crippen LogP contribution in [0.15, 0.2) is 0 Å². The molecule has 0 aliphatic heterocycles. The predicted molar refractivity (Wildman–Crippen MR) is 49.8 cm³/mol. The Morgan fingerprint density at radius 1 is 1.17 bits per heavy atom. The molecule has 0 aliphatic carbocycles. The van der Waals surface area contributed by atoms with Crippen molar-refractivity contribution in [1.29, 1.82) is 0 Å². The van der Waals surface area contributed by atoms with Gasteiger partial charge in [0.15, 0.2) is 0 Å². The molecule has 0 bridgehead atoms. The largest absolute Gasteiger partial charge is 0.285 e. The SMILES string of the molecule is CCCC(CC)(CC)S(=O)(=O)O. The van der Waals surface area contributed by atoms with Crippen LogP contribution in [-0.4, -0.2) is 17.7 Å². The topological polar surface area (TPSA) is 54.4 Å². The first kappa shape index (κ1) is 11.9. The van der Waals surface area contributed by atoms with E-state index in [1.54, 1.807) is 13.8 Å². The molecule has 0 saturated carbocycles. The van der Waals surface area contributed by atoms with E-state index in [2.05, 4.69) is 0 Å². The molecule has 74 valence electrons. The molecular formula is C8H18O3S. The van der Waals surface area contributed by atoms with Gasteiger partial charge in [-0.3, -0.25) is 4.55 Å². The minimum Gasteiger partial charge on any atom is -0.285 e. The zero-order valence-electron chi connectivity index (χ0n) is 8.00. The van der Waals surface area contributed by atoms with Crippen molar-refractivity contribution in [2.45, 2.75) is 51.2 Å². The van der Waals surface area contributed by atoms with Crippen molar-refractivity contribution in [3.05, 3.63) is 0 Å². The molecule has 3 nitrogen and oxygen atoms in total. The first-order valence-corrected chi connectivity index (χ1v) is 5.84. The van der Waals surface area contributed by atoms with Crippen molar-refractivity contribution < 1.29 is 13.0 Å². The third kappa shape index (κ3) is 2.20. The van der Waals surface area contributed by atoms with Gasteiger partial charge >= 0.3 is 0 Å². The van der Waals surface area contributed by atoms with Crippen molar-refractivity contribution in [2.24, 2.45) is 0 Å². The summed E-state index contributed by atoms with van der Waals surface area (Å²) >= 11 is 0. The maximum Gasteiger partial charge on any atom is 0.270 e. The fraction of sp³-hybridized carbons (Fsp3) is 1.00. The van der Waals surface area contributed by atoms with Crippen molar-refractivity contribution in [3.63, 3.8) is 0 Å². The predicted octanol–water partition coefficient (Wildman–Crippen LogP) is 2.23. The van der Waals surface area contributed by atoms with E-state index in [1.807, 2.05) is 6.92 Å². The minimum atomic E-state index is -3.89. The van der Waals surface area contributed by atoms with Crippen LogP contribution in [0.2, 0.25) is 0 Å². The van der Waals surface area contributed by atoms with Gasteiger partial charge in [-0.25, -0.2) is 0 Å². The molecule has 0 aliphatic rings. The zero-order chi connectivity index (χ0) is 9.83. The molecule has 0 spiro atoms. The fourth-order valence-corrected chi connectivity index (χ4v) is 2.74. The third-order valence-corrected chi connectivity index (χ3v) is 4.42. The summed E-state index contributed by atoms with van der Waals surface area (Å²) < 4.78 is 30.3. The Kier molecular flexibility index (Phi) is 4.20. The van der Waals surface area contributed by atoms with Gasteiger partial charge in [-0.15, -0.1) is 0 Å². The van der Waals surface area contributed by atoms with Crippen LogP contribution in [0.1, 0.15) is 46.5 Å². The van der Waals surface area contributed by atoms with Crippen LogP contribution < -0.4 is 0 Å². The summed E-state index contributed by atoms with van der Waals surface area (Å²) in [5, 5.41) is 0. The third-order valence-electron chi connectivity index (χ3n) is 2.54. The van der Waals surface area contributed by atoms with Crippen LogP contribution in [0.5, 0.6) is 0 Å². The first-order chi connectivity index (χ1) is 5.43. The second kappa shape index (κ2) is 4.23. The average Bonchev–Trinajstić information content (AvgIpc) is 1.98. The van der Waals surface area contributed by atoms with E-state index in [-0.39, 0.29) is 0 Å². The molecule has 0 unspecified atom stereocenters. The molecular weight excluding hydrogens is 176 g/mol. The normalized spacial score (nSPS) is 13.3. The Morgan fingerprint density at radius 2 is 1.58 bits per heavy atom. The molecule has 0 atom stereocenters. The Morgan fingerprint density at radius 3 is 1.67 bits per heavy atom. The lowest BCUT2D eigenvalue weighted by molar-refractivity contribution is 0.387. The van der Waals surface area contributed by atoms with E-state index in [0.717, 1.165) is 6.42 Å². The molecule has 0 aromatic rings. The maximum absolute atomic E-state index is 11.1. The van der Waals surface area contributed by atoms with E-state index >= 15 is 0 Å². The average molecular weight is 194 g/mol. The first-order valence-electron chi connectivity index (χ1n) is 4.40. The van der Waals surface area contributed by atoms with Gasteiger partial charge in [0.2, 0.25) is 0 Å². The summed E-state index contributed by atoms with van der Waals surface area (Å²) in [4.78, 5) is 0. The van der Waals surface area contributed by atoms with Gasteiger partial charge in [0.25, 0.3) is 10.1 Å². The van der Waals surface area contributed by atoms with Gasteiger partial charge in [-0.05, 0) is 19.3 Å². The number of rotatable bonds is 5. The van der Waals surface area contributed by atoms with Crippen LogP contribution in [-0.2, 0) is 10.1 Å². The van der Waals surface area contributed by atoms with Crippen molar-refractivity contribution in [3.8, 4) is 0 Å². The lowest BCUT2D eigenvalue weighted by Gasteiger charge is -2.27. The second-order valence-electron chi connectivity index (χ2n) is 3.12. The molecule has 0 rings (SSSR count). The minimum absolute atomic E-state index is 0.482. The number of hydrogen-bond acceptors (Lipinski definition) is 2. The highest BCUT2D eigenvalue weighted by Crippen LogP contribution is 2.29. The Labute approximate surface area is 74.9 Å². The van der Waals surface area contributed by atoms with Crippen LogP contribution >= 0.6 is 0 Å². The molecule has 0 saturated heterocycles. The van der Waals surface area contributed by atoms with E-state index in [9.17, 15) is 8.42 Å². The fourth-order valence-electron chi connectivity index (χ4n) is 1.55. The Balaban J connectivity index is 4.83. The van der Waals surface area contributed by atoms with Crippen LogP contribution in [0, 0.1) is 0 Å². The molecule has 12 heavy (non-hydrogen) atoms. The Bertz CT molecular complexity index is 214. The molecule has 4 heteroatoms. The van der Waals surface area contributed by atoms with E-state index in [4.69, 9.17) is 4.55 Å². The van der Waals surface area contributed by atoms with Gasteiger partial charge in [0.05, 0.1) is 4.75 Å². The lowest BCUT2D eigenvalue weighted by atomic mass is 9.97. The molecule has 0 aromatic carbocycles. The monoisotopic (exact) mass is 194 g/mol. The lowest BCUT2D eigenvalue weighted by Crippen LogP contribution is -2.36. The van der Waals surface area contributed by atoms with Crippen LogP contribution in [0.25, 0.3) is 0 Å². The van der Waals surface area contributed by atoms with Crippen LogP contribution in [0.3, 0.4) is 0 Å². The molecule has 1 N–H and O–H groups in total. The van der Waals surface area contributed by atoms with Gasteiger partial charge in [-0.1, -0.05) is 27.2 Å². The zero-order valence-corrected chi connectivity index (χ0v) is 8.82. The highest BCUT2D eigenvalue weighted by molar-refractivity contribution is 7.87. The summed E-state index contributed by atoms with van der Waals surface area (Å²) in [6.07, 6.45) is 2.28. The quantitative estimate of drug-likeness (QED) is 0.683. The van der Waals surface area contributed by atoms with Gasteiger partial charge in [0.1, 0.15) is 0 Å². The number of hydrogen-bond donors (Lipinski definition) is 1. The molecule has 0 fully saturated rings. The molecule has 0 aromatic heterocycles. The standard InChI is InChI=1S/C8H18O3S/c1-4-7-8(5-2,6-3)12(9,10)11/h4-7H2,1-3H3,(H,9,10,11).